The van der Waals surface area contributed by atoms with Gasteiger partial charge in [-0.2, -0.15) is 0 Å². The lowest BCUT2D eigenvalue weighted by Crippen LogP contribution is -2.46. The van der Waals surface area contributed by atoms with E-state index in [0.29, 0.717) is 24.4 Å². The number of non-ortho nitro benzene ring substituents is 1. The molecule has 4 rings (SSSR count). The molecule has 1 amide bonds. The maximum atomic E-state index is 12.7. The van der Waals surface area contributed by atoms with Gasteiger partial charge in [0.05, 0.1) is 18.6 Å². The van der Waals surface area contributed by atoms with Crippen LogP contribution >= 0.6 is 0 Å². The van der Waals surface area contributed by atoms with Gasteiger partial charge in [-0.25, -0.2) is 5.43 Å². The molecule has 2 N–H and O–H groups in total. The minimum Gasteiger partial charge on any atom is -0.496 e. The molecule has 0 saturated carbocycles. The Hall–Kier alpha value is -3.95. The summed E-state index contributed by atoms with van der Waals surface area (Å²) in [5.74, 6) is 1.16. The summed E-state index contributed by atoms with van der Waals surface area (Å²) >= 11 is 0. The number of nitrogens with one attached hydrogen (secondary N) is 2. The van der Waals surface area contributed by atoms with Crippen molar-refractivity contribution >= 4 is 11.6 Å². The van der Waals surface area contributed by atoms with Crippen molar-refractivity contribution in [2.45, 2.75) is 19.3 Å². The van der Waals surface area contributed by atoms with Crippen molar-refractivity contribution in [3.8, 4) is 11.5 Å². The molecule has 0 saturated heterocycles. The molecule has 0 aliphatic carbocycles. The molecule has 1 atom stereocenters. The van der Waals surface area contributed by atoms with Crippen LogP contribution in [0.25, 0.3) is 0 Å². The quantitative estimate of drug-likeness (QED) is 0.402. The number of carbonyl (C=O) groups is 1. The van der Waals surface area contributed by atoms with Crippen molar-refractivity contribution in [2.75, 3.05) is 13.7 Å². The first-order chi connectivity index (χ1) is 16.0. The van der Waals surface area contributed by atoms with Gasteiger partial charge >= 0.3 is 0 Å². The predicted octanol–water partition coefficient (Wildman–Crippen LogP) is 3.32. The fourth-order valence-electron chi connectivity index (χ4n) is 3.77. The second-order valence-corrected chi connectivity index (χ2v) is 7.55. The Balaban J connectivity index is 1.47. The highest BCUT2D eigenvalue weighted by Gasteiger charge is 2.31. The second kappa shape index (κ2) is 10.1. The Kier molecular flexibility index (Phi) is 6.82. The highest BCUT2D eigenvalue weighted by Crippen LogP contribution is 2.35. The Morgan fingerprint density at radius 3 is 2.76 bits per heavy atom. The van der Waals surface area contributed by atoms with Crippen LogP contribution in [-0.2, 0) is 17.9 Å². The number of carbonyl (C=O) groups excluding carboxylic acids is 1. The Morgan fingerprint density at radius 2 is 1.94 bits per heavy atom. The zero-order valence-electron chi connectivity index (χ0n) is 18.1. The molecule has 9 heteroatoms. The van der Waals surface area contributed by atoms with Crippen LogP contribution < -0.4 is 20.3 Å². The lowest BCUT2D eigenvalue weighted by molar-refractivity contribution is -0.385. The van der Waals surface area contributed by atoms with Crippen LogP contribution in [0, 0.1) is 10.1 Å². The third-order valence-electron chi connectivity index (χ3n) is 5.33. The summed E-state index contributed by atoms with van der Waals surface area (Å²) in [5.41, 5.74) is 8.05. The number of hydrazine groups is 1. The van der Waals surface area contributed by atoms with E-state index in [4.69, 9.17) is 9.47 Å². The number of nitrogens with zero attached hydrogens (tertiary/aromatic N) is 2. The number of benzene rings is 3. The van der Waals surface area contributed by atoms with Crippen molar-refractivity contribution in [3.05, 3.63) is 99.6 Å². The standard InChI is InChI=1S/C24H24N4O5/c1-32-21-11-4-2-7-18(21)14-25-26-23(29)16-27-15-19-8-3-5-12-22(19)33-24(27)17-9-6-10-20(13-17)28(30)31/h2-13,24-25H,14-16H2,1H3,(H,26,29). The molecule has 33 heavy (non-hydrogen) atoms. The number of rotatable bonds is 8. The zero-order valence-corrected chi connectivity index (χ0v) is 18.1. The first kappa shape index (κ1) is 22.3. The minimum absolute atomic E-state index is 0.0284. The molecule has 0 fully saturated rings. The molecule has 170 valence electrons. The fourth-order valence-corrected chi connectivity index (χ4v) is 3.77. The van der Waals surface area contributed by atoms with E-state index in [1.54, 1.807) is 19.2 Å². The first-order valence-corrected chi connectivity index (χ1v) is 10.4. The number of fused-ring (bicyclic) bond motifs is 1. The van der Waals surface area contributed by atoms with E-state index >= 15 is 0 Å². The Bertz CT molecular complexity index is 1150. The van der Waals surface area contributed by atoms with E-state index in [1.165, 1.54) is 12.1 Å². The number of para-hydroxylation sites is 2. The van der Waals surface area contributed by atoms with Gasteiger partial charge in [0.2, 0.25) is 5.91 Å². The lowest BCUT2D eigenvalue weighted by Gasteiger charge is -2.36. The van der Waals surface area contributed by atoms with Crippen molar-refractivity contribution in [1.82, 2.24) is 15.8 Å². The topological polar surface area (TPSA) is 106 Å². The Labute approximate surface area is 191 Å². The summed E-state index contributed by atoms with van der Waals surface area (Å²) in [6.07, 6.45) is -0.639. The number of methoxy groups -OCH3 is 1. The first-order valence-electron chi connectivity index (χ1n) is 10.4. The number of hydrogen-bond donors (Lipinski definition) is 2. The van der Waals surface area contributed by atoms with Gasteiger partial charge in [0.1, 0.15) is 11.5 Å². The molecule has 1 heterocycles. The molecule has 9 nitrogen and oxygen atoms in total. The molecular formula is C24H24N4O5. The molecular weight excluding hydrogens is 424 g/mol. The van der Waals surface area contributed by atoms with Crippen LogP contribution in [0.4, 0.5) is 5.69 Å². The maximum absolute atomic E-state index is 12.7. The van der Waals surface area contributed by atoms with Gasteiger partial charge in [0, 0.05) is 41.9 Å². The van der Waals surface area contributed by atoms with Gasteiger partial charge in [-0.15, -0.1) is 0 Å². The SMILES string of the molecule is COc1ccccc1CNNC(=O)CN1Cc2ccccc2OC1c1cccc([N+](=O)[O-])c1. The second-order valence-electron chi connectivity index (χ2n) is 7.55. The lowest BCUT2D eigenvalue weighted by atomic mass is 10.1. The molecule has 0 radical (unpaired) electrons. The van der Waals surface area contributed by atoms with Crippen molar-refractivity contribution in [3.63, 3.8) is 0 Å². The highest BCUT2D eigenvalue weighted by molar-refractivity contribution is 5.77. The van der Waals surface area contributed by atoms with Crippen LogP contribution in [-0.4, -0.2) is 29.4 Å². The van der Waals surface area contributed by atoms with Gasteiger partial charge < -0.3 is 9.47 Å². The van der Waals surface area contributed by atoms with E-state index in [2.05, 4.69) is 10.9 Å². The third kappa shape index (κ3) is 5.28. The summed E-state index contributed by atoms with van der Waals surface area (Å²) in [6.45, 7) is 0.882. The summed E-state index contributed by atoms with van der Waals surface area (Å²) in [5, 5.41) is 11.2. The van der Waals surface area contributed by atoms with Crippen molar-refractivity contribution in [1.29, 1.82) is 0 Å². The van der Waals surface area contributed by atoms with Crippen LogP contribution in [0.15, 0.2) is 72.8 Å². The van der Waals surface area contributed by atoms with E-state index in [0.717, 1.165) is 16.9 Å². The smallest absolute Gasteiger partial charge is 0.269 e. The van der Waals surface area contributed by atoms with Gasteiger partial charge in [0.25, 0.3) is 5.69 Å². The van der Waals surface area contributed by atoms with E-state index in [1.807, 2.05) is 53.4 Å². The van der Waals surface area contributed by atoms with E-state index in [9.17, 15) is 14.9 Å². The predicted molar refractivity (Wildman–Crippen MR) is 121 cm³/mol. The average molecular weight is 448 g/mol. The van der Waals surface area contributed by atoms with Gasteiger partial charge in [0.15, 0.2) is 6.23 Å². The molecule has 0 aromatic heterocycles. The van der Waals surface area contributed by atoms with E-state index in [-0.39, 0.29) is 18.1 Å². The molecule has 0 spiro atoms. The summed E-state index contributed by atoms with van der Waals surface area (Å²) in [7, 11) is 1.60. The maximum Gasteiger partial charge on any atom is 0.269 e. The normalized spacial score (nSPS) is 15.2. The monoisotopic (exact) mass is 448 g/mol. The molecule has 3 aromatic rings. The van der Waals surface area contributed by atoms with Crippen molar-refractivity contribution in [2.24, 2.45) is 0 Å². The number of nitro groups is 1. The summed E-state index contributed by atoms with van der Waals surface area (Å²) in [6, 6.07) is 21.4. The van der Waals surface area contributed by atoms with Crippen LogP contribution in [0.2, 0.25) is 0 Å². The van der Waals surface area contributed by atoms with E-state index < -0.39 is 11.2 Å². The van der Waals surface area contributed by atoms with Gasteiger partial charge in [-0.05, 0) is 12.1 Å². The third-order valence-corrected chi connectivity index (χ3v) is 5.33. The van der Waals surface area contributed by atoms with Gasteiger partial charge in [-0.3, -0.25) is 25.2 Å². The summed E-state index contributed by atoms with van der Waals surface area (Å²) < 4.78 is 11.5. The number of amides is 1. The molecule has 3 aromatic carbocycles. The molecule has 1 aliphatic rings. The number of hydrogen-bond acceptors (Lipinski definition) is 7. The molecule has 0 bridgehead atoms. The number of ether oxygens (including phenoxy) is 2. The fraction of sp³-hybridized carbons (Fsp3) is 0.208. The van der Waals surface area contributed by atoms with Crippen LogP contribution in [0.1, 0.15) is 22.9 Å². The Morgan fingerprint density at radius 1 is 1.15 bits per heavy atom. The van der Waals surface area contributed by atoms with Crippen molar-refractivity contribution < 1.29 is 19.2 Å². The molecule has 1 unspecified atom stereocenters. The minimum atomic E-state index is -0.639. The van der Waals surface area contributed by atoms with Crippen LogP contribution in [0.3, 0.4) is 0 Å². The average Bonchev–Trinajstić information content (AvgIpc) is 2.84. The largest absolute Gasteiger partial charge is 0.496 e. The molecule has 1 aliphatic heterocycles. The zero-order chi connectivity index (χ0) is 23.2. The van der Waals surface area contributed by atoms with Gasteiger partial charge in [-0.1, -0.05) is 48.5 Å². The number of nitro benzene ring substituents is 1. The van der Waals surface area contributed by atoms with Crippen LogP contribution in [0.5, 0.6) is 11.5 Å². The summed E-state index contributed by atoms with van der Waals surface area (Å²) in [4.78, 5) is 25.3. The highest BCUT2D eigenvalue weighted by atomic mass is 16.6.